The Labute approximate surface area is 131 Å². The van der Waals surface area contributed by atoms with Crippen molar-refractivity contribution < 1.29 is 18.9 Å². The van der Waals surface area contributed by atoms with Gasteiger partial charge in [0.2, 0.25) is 8.38 Å². The van der Waals surface area contributed by atoms with Gasteiger partial charge in [-0.15, -0.1) is 0 Å². The van der Waals surface area contributed by atoms with Gasteiger partial charge in [0.05, 0.1) is 6.61 Å². The molecule has 0 amide bonds. The summed E-state index contributed by atoms with van der Waals surface area (Å²) in [5.74, 6) is -0.335. The predicted octanol–water partition coefficient (Wildman–Crippen LogP) is 4.46. The van der Waals surface area contributed by atoms with Crippen LogP contribution >= 0.6 is 8.38 Å². The Hall–Kier alpha value is -1.90. The maximum absolute atomic E-state index is 11.5. The van der Waals surface area contributed by atoms with Gasteiger partial charge in [-0.1, -0.05) is 48.5 Å². The smallest absolute Gasteiger partial charge is 0.319 e. The Kier molecular flexibility index (Phi) is 5.53. The van der Waals surface area contributed by atoms with Crippen LogP contribution in [0.2, 0.25) is 0 Å². The van der Waals surface area contributed by atoms with Crippen LogP contribution in [-0.4, -0.2) is 16.2 Å². The van der Waals surface area contributed by atoms with Crippen LogP contribution in [0.4, 0.5) is 0 Å². The first kappa shape index (κ1) is 16.5. The van der Waals surface area contributed by atoms with Gasteiger partial charge in [0.1, 0.15) is 10.9 Å². The molecule has 0 bridgehead atoms. The molecule has 0 saturated carbocycles. The van der Waals surface area contributed by atoms with E-state index in [0.717, 1.165) is 5.56 Å². The summed E-state index contributed by atoms with van der Waals surface area (Å²) in [6, 6.07) is 18.8. The van der Waals surface area contributed by atoms with Gasteiger partial charge < -0.3 is 14.2 Å². The third-order valence-electron chi connectivity index (χ3n) is 3.10. The van der Waals surface area contributed by atoms with Crippen molar-refractivity contribution in [2.24, 2.45) is 0 Å². The van der Waals surface area contributed by atoms with Gasteiger partial charge in [0, 0.05) is 0 Å². The Balaban J connectivity index is 2.13. The van der Waals surface area contributed by atoms with Gasteiger partial charge in [0.25, 0.3) is 0 Å². The summed E-state index contributed by atoms with van der Waals surface area (Å²) in [4.78, 5) is 11.5. The van der Waals surface area contributed by atoms with Crippen LogP contribution in [0.3, 0.4) is 0 Å². The average Bonchev–Trinajstić information content (AvgIpc) is 2.53. The summed E-state index contributed by atoms with van der Waals surface area (Å²) in [6.07, 6.45) is 0. The van der Waals surface area contributed by atoms with Gasteiger partial charge in [-0.2, -0.15) is 0 Å². The highest BCUT2D eigenvalue weighted by Crippen LogP contribution is 2.52. The van der Waals surface area contributed by atoms with E-state index in [1.165, 1.54) is 0 Å². The molecule has 0 aliphatic heterocycles. The normalized spacial score (nSPS) is 12.6. The Morgan fingerprint density at radius 1 is 1.05 bits per heavy atom. The maximum Gasteiger partial charge on any atom is 0.319 e. The molecule has 0 heterocycles. The van der Waals surface area contributed by atoms with Crippen molar-refractivity contribution in [3.8, 4) is 5.75 Å². The SMILES string of the molecule is CC(C)(C(=O)O)P(OCc1ccccc1)Oc1ccccc1. The van der Waals surface area contributed by atoms with E-state index in [0.29, 0.717) is 12.4 Å². The van der Waals surface area contributed by atoms with Crippen molar-refractivity contribution in [1.82, 2.24) is 0 Å². The molecule has 0 spiro atoms. The third-order valence-corrected chi connectivity index (χ3v) is 4.95. The van der Waals surface area contributed by atoms with Gasteiger partial charge in [-0.05, 0) is 31.5 Å². The van der Waals surface area contributed by atoms with Gasteiger partial charge in [0.15, 0.2) is 0 Å². The van der Waals surface area contributed by atoms with Crippen molar-refractivity contribution >= 4 is 14.3 Å². The van der Waals surface area contributed by atoms with E-state index in [9.17, 15) is 9.90 Å². The summed E-state index contributed by atoms with van der Waals surface area (Å²) < 4.78 is 11.6. The largest absolute Gasteiger partial charge is 0.480 e. The fourth-order valence-electron chi connectivity index (χ4n) is 1.66. The molecule has 22 heavy (non-hydrogen) atoms. The topological polar surface area (TPSA) is 55.8 Å². The first-order valence-corrected chi connectivity index (χ1v) is 8.11. The zero-order valence-corrected chi connectivity index (χ0v) is 13.5. The highest BCUT2D eigenvalue weighted by molar-refractivity contribution is 7.50. The van der Waals surface area contributed by atoms with Crippen LogP contribution in [0.25, 0.3) is 0 Å². The van der Waals surface area contributed by atoms with Crippen molar-refractivity contribution in [3.63, 3.8) is 0 Å². The molecule has 1 unspecified atom stereocenters. The zero-order chi connectivity index (χ0) is 16.0. The molecule has 0 aromatic heterocycles. The minimum atomic E-state index is -1.64. The zero-order valence-electron chi connectivity index (χ0n) is 12.6. The second-order valence-corrected chi connectivity index (χ2v) is 7.36. The minimum Gasteiger partial charge on any atom is -0.480 e. The number of para-hydroxylation sites is 1. The predicted molar refractivity (Wildman–Crippen MR) is 86.9 cm³/mol. The second-order valence-electron chi connectivity index (χ2n) is 5.28. The number of aliphatic carboxylic acids is 1. The molecule has 2 aromatic carbocycles. The summed E-state index contributed by atoms with van der Waals surface area (Å²) in [5, 5.41) is 8.33. The molecular formula is C17H19O4P. The van der Waals surface area contributed by atoms with Crippen molar-refractivity contribution in [1.29, 1.82) is 0 Å². The number of carbonyl (C=O) groups is 1. The lowest BCUT2D eigenvalue weighted by Gasteiger charge is -2.29. The van der Waals surface area contributed by atoms with E-state index >= 15 is 0 Å². The van der Waals surface area contributed by atoms with E-state index in [1.54, 1.807) is 26.0 Å². The molecule has 116 valence electrons. The molecule has 0 radical (unpaired) electrons. The second kappa shape index (κ2) is 7.39. The number of hydrogen-bond donors (Lipinski definition) is 1. The molecule has 5 heteroatoms. The monoisotopic (exact) mass is 318 g/mol. The summed E-state index contributed by atoms with van der Waals surface area (Å²) >= 11 is 0. The molecule has 2 rings (SSSR count). The van der Waals surface area contributed by atoms with E-state index in [2.05, 4.69) is 0 Å². The molecular weight excluding hydrogens is 299 g/mol. The number of hydrogen-bond acceptors (Lipinski definition) is 3. The molecule has 1 atom stereocenters. The Morgan fingerprint density at radius 3 is 2.14 bits per heavy atom. The van der Waals surface area contributed by atoms with Gasteiger partial charge in [-0.3, -0.25) is 4.79 Å². The lowest BCUT2D eigenvalue weighted by Crippen LogP contribution is -2.31. The Morgan fingerprint density at radius 2 is 1.59 bits per heavy atom. The van der Waals surface area contributed by atoms with Crippen LogP contribution < -0.4 is 4.52 Å². The molecule has 4 nitrogen and oxygen atoms in total. The van der Waals surface area contributed by atoms with E-state index in [-0.39, 0.29) is 0 Å². The molecule has 0 aliphatic carbocycles. The first-order chi connectivity index (χ1) is 10.5. The average molecular weight is 318 g/mol. The van der Waals surface area contributed by atoms with Crippen LogP contribution in [0.15, 0.2) is 60.7 Å². The first-order valence-electron chi connectivity index (χ1n) is 6.93. The molecule has 0 saturated heterocycles. The quantitative estimate of drug-likeness (QED) is 0.766. The van der Waals surface area contributed by atoms with Crippen molar-refractivity contribution in [3.05, 3.63) is 66.2 Å². The van der Waals surface area contributed by atoms with E-state index in [1.807, 2.05) is 48.5 Å². The number of rotatable bonds is 7. The lowest BCUT2D eigenvalue weighted by molar-refractivity contribution is -0.139. The van der Waals surface area contributed by atoms with Crippen LogP contribution in [0.1, 0.15) is 19.4 Å². The Bertz CT molecular complexity index is 599. The third kappa shape index (κ3) is 4.30. The van der Waals surface area contributed by atoms with Gasteiger partial charge >= 0.3 is 5.97 Å². The highest BCUT2D eigenvalue weighted by atomic mass is 31.2. The fourth-order valence-corrected chi connectivity index (χ4v) is 3.00. The van der Waals surface area contributed by atoms with E-state index in [4.69, 9.17) is 9.05 Å². The molecule has 2 aromatic rings. The van der Waals surface area contributed by atoms with Crippen molar-refractivity contribution in [2.45, 2.75) is 25.6 Å². The fraction of sp³-hybridized carbons (Fsp3) is 0.235. The van der Waals surface area contributed by atoms with Gasteiger partial charge in [-0.25, -0.2) is 0 Å². The summed E-state index contributed by atoms with van der Waals surface area (Å²) in [6.45, 7) is 3.56. The molecule has 0 fully saturated rings. The maximum atomic E-state index is 11.5. The molecule has 0 aliphatic rings. The summed E-state index contributed by atoms with van der Waals surface area (Å²) in [7, 11) is -1.64. The van der Waals surface area contributed by atoms with Crippen LogP contribution in [0, 0.1) is 0 Å². The number of carboxylic acids is 1. The number of carboxylic acid groups (broad SMARTS) is 1. The lowest BCUT2D eigenvalue weighted by atomic mass is 10.2. The summed E-state index contributed by atoms with van der Waals surface area (Å²) in [5.41, 5.74) is 0.979. The molecule has 1 N–H and O–H groups in total. The highest BCUT2D eigenvalue weighted by Gasteiger charge is 2.41. The van der Waals surface area contributed by atoms with Crippen LogP contribution in [-0.2, 0) is 15.9 Å². The number of benzene rings is 2. The van der Waals surface area contributed by atoms with Crippen molar-refractivity contribution in [2.75, 3.05) is 0 Å². The standard InChI is InChI=1S/C17H19O4P/c1-17(2,16(18)19)22(21-15-11-7-4-8-12-15)20-13-14-9-5-3-6-10-14/h3-12H,13H2,1-2H3,(H,18,19). The van der Waals surface area contributed by atoms with Crippen LogP contribution in [0.5, 0.6) is 5.75 Å². The minimum absolute atomic E-state index is 0.316. The van der Waals surface area contributed by atoms with E-state index < -0.39 is 19.5 Å².